The van der Waals surface area contributed by atoms with Crippen LogP contribution in [-0.4, -0.2) is 32.5 Å². The minimum atomic E-state index is 0.506. The van der Waals surface area contributed by atoms with E-state index >= 15 is 0 Å². The first-order valence-electron chi connectivity index (χ1n) is 6.16. The Bertz CT molecular complexity index is 388. The third-order valence-corrected chi connectivity index (χ3v) is 3.13. The molecule has 0 unspecified atom stereocenters. The number of benzene rings is 1. The van der Waals surface area contributed by atoms with Crippen LogP contribution < -0.4 is 14.8 Å². The predicted molar refractivity (Wildman–Crippen MR) is 64.9 cm³/mol. The summed E-state index contributed by atoms with van der Waals surface area (Å²) in [6.45, 7) is 2.97. The Morgan fingerprint density at radius 3 is 2.53 bits per heavy atom. The van der Waals surface area contributed by atoms with Gasteiger partial charge in [0.25, 0.3) is 0 Å². The molecule has 0 atom stereocenters. The quantitative estimate of drug-likeness (QED) is 0.851. The van der Waals surface area contributed by atoms with E-state index in [9.17, 15) is 0 Å². The van der Waals surface area contributed by atoms with E-state index < -0.39 is 0 Å². The van der Waals surface area contributed by atoms with Gasteiger partial charge in [-0.1, -0.05) is 0 Å². The van der Waals surface area contributed by atoms with Crippen LogP contribution in [0.4, 0.5) is 5.69 Å². The summed E-state index contributed by atoms with van der Waals surface area (Å²) in [5.74, 6) is 1.68. The van der Waals surface area contributed by atoms with Crippen LogP contribution in [-0.2, 0) is 4.74 Å². The summed E-state index contributed by atoms with van der Waals surface area (Å²) in [5, 5.41) is 3.52. The topological polar surface area (TPSA) is 39.7 Å². The molecule has 92 valence electrons. The smallest absolute Gasteiger partial charge is 0.163 e. The van der Waals surface area contributed by atoms with Gasteiger partial charge in [0.1, 0.15) is 13.2 Å². The number of hydrogen-bond acceptors (Lipinski definition) is 4. The molecule has 0 aliphatic carbocycles. The molecular weight excluding hydrogens is 218 g/mol. The number of rotatable bonds is 2. The third-order valence-electron chi connectivity index (χ3n) is 3.13. The van der Waals surface area contributed by atoms with Crippen molar-refractivity contribution in [2.45, 2.75) is 18.9 Å². The SMILES string of the molecule is c1cc2c(cc1NC1CCOCC1)OCCO2. The first-order valence-corrected chi connectivity index (χ1v) is 6.16. The van der Waals surface area contributed by atoms with E-state index in [-0.39, 0.29) is 0 Å². The molecule has 2 aliphatic rings. The van der Waals surface area contributed by atoms with Crippen LogP contribution in [0.2, 0.25) is 0 Å². The second-order valence-electron chi connectivity index (χ2n) is 4.39. The van der Waals surface area contributed by atoms with Crippen LogP contribution in [0.1, 0.15) is 12.8 Å². The number of hydrogen-bond donors (Lipinski definition) is 1. The fraction of sp³-hybridized carbons (Fsp3) is 0.538. The van der Waals surface area contributed by atoms with E-state index in [2.05, 4.69) is 5.32 Å². The third kappa shape index (κ3) is 2.47. The summed E-state index contributed by atoms with van der Waals surface area (Å²) in [6, 6.07) is 6.54. The summed E-state index contributed by atoms with van der Waals surface area (Å²) in [5.41, 5.74) is 1.10. The molecule has 0 amide bonds. The zero-order valence-corrected chi connectivity index (χ0v) is 9.78. The summed E-state index contributed by atoms with van der Waals surface area (Å²) < 4.78 is 16.4. The average Bonchev–Trinajstić information content (AvgIpc) is 2.40. The van der Waals surface area contributed by atoms with Crippen molar-refractivity contribution in [1.29, 1.82) is 0 Å². The molecule has 1 fully saturated rings. The summed E-state index contributed by atoms with van der Waals surface area (Å²) in [7, 11) is 0. The Balaban J connectivity index is 1.70. The fourth-order valence-electron chi connectivity index (χ4n) is 2.21. The summed E-state index contributed by atoms with van der Waals surface area (Å²) in [4.78, 5) is 0. The molecular formula is C13H17NO3. The molecule has 4 nitrogen and oxygen atoms in total. The van der Waals surface area contributed by atoms with Gasteiger partial charge in [0.2, 0.25) is 0 Å². The molecule has 0 spiro atoms. The molecule has 3 rings (SSSR count). The van der Waals surface area contributed by atoms with Crippen molar-refractivity contribution >= 4 is 5.69 Å². The Hall–Kier alpha value is -1.42. The summed E-state index contributed by atoms with van der Waals surface area (Å²) in [6.07, 6.45) is 2.13. The molecule has 1 N–H and O–H groups in total. The molecule has 17 heavy (non-hydrogen) atoms. The van der Waals surface area contributed by atoms with Crippen molar-refractivity contribution in [2.24, 2.45) is 0 Å². The zero-order chi connectivity index (χ0) is 11.5. The molecule has 0 radical (unpaired) electrons. The predicted octanol–water partition coefficient (Wildman–Crippen LogP) is 2.05. The van der Waals surface area contributed by atoms with E-state index in [1.165, 1.54) is 0 Å². The Labute approximate surface area is 101 Å². The highest BCUT2D eigenvalue weighted by Gasteiger charge is 2.15. The van der Waals surface area contributed by atoms with Crippen molar-refractivity contribution in [3.05, 3.63) is 18.2 Å². The van der Waals surface area contributed by atoms with Gasteiger partial charge in [-0.15, -0.1) is 0 Å². The first kappa shape index (κ1) is 10.7. The average molecular weight is 235 g/mol. The van der Waals surface area contributed by atoms with E-state index in [1.807, 2.05) is 18.2 Å². The van der Waals surface area contributed by atoms with Crippen molar-refractivity contribution in [2.75, 3.05) is 31.7 Å². The number of anilines is 1. The Kier molecular flexibility index (Phi) is 3.05. The monoisotopic (exact) mass is 235 g/mol. The molecule has 4 heteroatoms. The van der Waals surface area contributed by atoms with Gasteiger partial charge in [0.15, 0.2) is 11.5 Å². The van der Waals surface area contributed by atoms with Gasteiger partial charge in [-0.05, 0) is 25.0 Å². The maximum absolute atomic E-state index is 5.56. The number of nitrogens with one attached hydrogen (secondary N) is 1. The molecule has 0 saturated carbocycles. The Morgan fingerprint density at radius 1 is 0.941 bits per heavy atom. The van der Waals surface area contributed by atoms with Gasteiger partial charge in [-0.3, -0.25) is 0 Å². The molecule has 0 aromatic heterocycles. The lowest BCUT2D eigenvalue weighted by atomic mass is 10.1. The highest BCUT2D eigenvalue weighted by molar-refractivity contribution is 5.55. The van der Waals surface area contributed by atoms with E-state index in [1.54, 1.807) is 0 Å². The standard InChI is InChI=1S/C13H17NO3/c1-2-12-13(17-8-7-16-12)9-11(1)14-10-3-5-15-6-4-10/h1-2,9-10,14H,3-8H2. The zero-order valence-electron chi connectivity index (χ0n) is 9.78. The second kappa shape index (κ2) is 4.84. The van der Waals surface area contributed by atoms with Gasteiger partial charge >= 0.3 is 0 Å². The van der Waals surface area contributed by atoms with Gasteiger partial charge in [-0.2, -0.15) is 0 Å². The molecule has 2 heterocycles. The maximum Gasteiger partial charge on any atom is 0.163 e. The Morgan fingerprint density at radius 2 is 1.71 bits per heavy atom. The van der Waals surface area contributed by atoms with Crippen molar-refractivity contribution in [3.63, 3.8) is 0 Å². The maximum atomic E-state index is 5.56. The van der Waals surface area contributed by atoms with Crippen LogP contribution in [0.5, 0.6) is 11.5 Å². The first-order chi connectivity index (χ1) is 8.42. The molecule has 1 aromatic rings. The van der Waals surface area contributed by atoms with Crippen LogP contribution in [0.15, 0.2) is 18.2 Å². The highest BCUT2D eigenvalue weighted by Crippen LogP contribution is 2.33. The lowest BCUT2D eigenvalue weighted by molar-refractivity contribution is 0.0904. The minimum Gasteiger partial charge on any atom is -0.486 e. The van der Waals surface area contributed by atoms with Gasteiger partial charge in [0, 0.05) is 31.0 Å². The van der Waals surface area contributed by atoms with E-state index in [4.69, 9.17) is 14.2 Å². The van der Waals surface area contributed by atoms with Crippen LogP contribution in [0, 0.1) is 0 Å². The van der Waals surface area contributed by atoms with Crippen LogP contribution in [0.25, 0.3) is 0 Å². The number of ether oxygens (including phenoxy) is 3. The van der Waals surface area contributed by atoms with Crippen molar-refractivity contribution in [1.82, 2.24) is 0 Å². The second-order valence-corrected chi connectivity index (χ2v) is 4.39. The minimum absolute atomic E-state index is 0.506. The fourth-order valence-corrected chi connectivity index (χ4v) is 2.21. The largest absolute Gasteiger partial charge is 0.486 e. The molecule has 2 aliphatic heterocycles. The highest BCUT2D eigenvalue weighted by atomic mass is 16.6. The normalized spacial score (nSPS) is 20.0. The summed E-state index contributed by atoms with van der Waals surface area (Å²) >= 11 is 0. The van der Waals surface area contributed by atoms with Gasteiger partial charge in [-0.25, -0.2) is 0 Å². The molecule has 0 bridgehead atoms. The molecule has 1 saturated heterocycles. The lowest BCUT2D eigenvalue weighted by Crippen LogP contribution is -2.27. The van der Waals surface area contributed by atoms with Gasteiger partial charge < -0.3 is 19.5 Å². The van der Waals surface area contributed by atoms with E-state index in [0.29, 0.717) is 19.3 Å². The molecule has 1 aromatic carbocycles. The number of fused-ring (bicyclic) bond motifs is 1. The van der Waals surface area contributed by atoms with Crippen molar-refractivity contribution in [3.8, 4) is 11.5 Å². The lowest BCUT2D eigenvalue weighted by Gasteiger charge is -2.25. The van der Waals surface area contributed by atoms with Gasteiger partial charge in [0.05, 0.1) is 0 Å². The van der Waals surface area contributed by atoms with Crippen LogP contribution in [0.3, 0.4) is 0 Å². The van der Waals surface area contributed by atoms with Crippen LogP contribution >= 0.6 is 0 Å². The van der Waals surface area contributed by atoms with Crippen molar-refractivity contribution < 1.29 is 14.2 Å². The van der Waals surface area contributed by atoms with E-state index in [0.717, 1.165) is 43.2 Å².